The van der Waals surface area contributed by atoms with Crippen LogP contribution < -0.4 is 10.6 Å². The van der Waals surface area contributed by atoms with Gasteiger partial charge in [0.25, 0.3) is 0 Å². The first-order valence-corrected chi connectivity index (χ1v) is 12.3. The number of carbonyl (C=O) groups excluding carboxylic acids is 1. The number of carbonyl (C=O) groups is 2. The Labute approximate surface area is 188 Å². The monoisotopic (exact) mass is 462 g/mol. The highest BCUT2D eigenvalue weighted by Gasteiger charge is 2.27. The molecule has 8 nitrogen and oxygen atoms in total. The van der Waals surface area contributed by atoms with Crippen molar-refractivity contribution >= 4 is 19.5 Å². The van der Waals surface area contributed by atoms with Crippen LogP contribution in [0.15, 0.2) is 54.6 Å². The summed E-state index contributed by atoms with van der Waals surface area (Å²) in [5.41, 5.74) is 3.05. The van der Waals surface area contributed by atoms with Gasteiger partial charge >= 0.3 is 13.6 Å². The van der Waals surface area contributed by atoms with Gasteiger partial charge in [-0.05, 0) is 37.0 Å². The maximum Gasteiger partial charge on any atom is 0.344 e. The number of rotatable bonds is 14. The first kappa shape index (κ1) is 25.7. The topological polar surface area (TPSA) is 114 Å². The highest BCUT2D eigenvalue weighted by atomic mass is 31.2. The van der Waals surface area contributed by atoms with E-state index < -0.39 is 19.6 Å². The molecule has 1 atom stereocenters. The molecule has 0 bridgehead atoms. The van der Waals surface area contributed by atoms with Crippen molar-refractivity contribution in [3.8, 4) is 11.1 Å². The first-order valence-electron chi connectivity index (χ1n) is 10.6. The number of benzene rings is 2. The molecule has 3 N–H and O–H groups in total. The second-order valence-corrected chi connectivity index (χ2v) is 9.12. The van der Waals surface area contributed by atoms with E-state index in [0.29, 0.717) is 6.42 Å². The fraction of sp³-hybridized carbons (Fsp3) is 0.391. The predicted molar refractivity (Wildman–Crippen MR) is 123 cm³/mol. The van der Waals surface area contributed by atoms with Crippen molar-refractivity contribution in [3.63, 3.8) is 0 Å². The quantitative estimate of drug-likeness (QED) is 0.367. The van der Waals surface area contributed by atoms with Crippen LogP contribution in [0.2, 0.25) is 0 Å². The van der Waals surface area contributed by atoms with Crippen molar-refractivity contribution in [2.45, 2.75) is 32.7 Å². The molecule has 2 rings (SSSR count). The van der Waals surface area contributed by atoms with E-state index in [4.69, 9.17) is 14.2 Å². The van der Waals surface area contributed by atoms with Gasteiger partial charge in [0.2, 0.25) is 5.91 Å². The van der Waals surface area contributed by atoms with E-state index in [2.05, 4.69) is 10.6 Å². The van der Waals surface area contributed by atoms with Gasteiger partial charge in [0, 0.05) is 6.54 Å². The lowest BCUT2D eigenvalue weighted by Gasteiger charge is -2.22. The van der Waals surface area contributed by atoms with Crippen molar-refractivity contribution in [3.05, 3.63) is 60.2 Å². The van der Waals surface area contributed by atoms with E-state index >= 15 is 0 Å². The Balaban J connectivity index is 2.11. The van der Waals surface area contributed by atoms with Gasteiger partial charge in [-0.3, -0.25) is 19.5 Å². The molecular weight excluding hydrogens is 431 g/mol. The summed E-state index contributed by atoms with van der Waals surface area (Å²) in [5.74, 6) is -1.37. The molecular formula is C23H31N2O6P. The zero-order valence-electron chi connectivity index (χ0n) is 18.5. The van der Waals surface area contributed by atoms with Crippen molar-refractivity contribution in [2.75, 3.05) is 26.0 Å². The normalized spacial score (nSPS) is 12.3. The highest BCUT2D eigenvalue weighted by molar-refractivity contribution is 7.53. The molecule has 0 unspecified atom stereocenters. The number of carboxylic acid groups (broad SMARTS) is 1. The zero-order chi connectivity index (χ0) is 23.4. The second kappa shape index (κ2) is 13.1. The van der Waals surface area contributed by atoms with E-state index in [1.165, 1.54) is 0 Å². The molecule has 0 spiro atoms. The summed E-state index contributed by atoms with van der Waals surface area (Å²) in [6, 6.07) is 17.0. The molecule has 0 saturated heterocycles. The minimum atomic E-state index is -3.39. The Hall–Kier alpha value is -2.51. The van der Waals surface area contributed by atoms with E-state index in [9.17, 15) is 14.2 Å². The molecule has 9 heteroatoms. The molecule has 2 aromatic carbocycles. The predicted octanol–water partition coefficient (Wildman–Crippen LogP) is 3.67. The SMILES string of the molecule is CCOP(=O)(CN[C@@H](Cc1ccc(-c2ccccc2)cc1)C(=O)NCCC(=O)O)OCC. The van der Waals surface area contributed by atoms with Gasteiger partial charge in [0.15, 0.2) is 0 Å². The van der Waals surface area contributed by atoms with Crippen LogP contribution in [0.1, 0.15) is 25.8 Å². The number of nitrogens with one attached hydrogen (secondary N) is 2. The molecule has 0 heterocycles. The molecule has 174 valence electrons. The van der Waals surface area contributed by atoms with Crippen LogP contribution in [0.3, 0.4) is 0 Å². The molecule has 1 amide bonds. The van der Waals surface area contributed by atoms with Gasteiger partial charge in [0.1, 0.15) is 0 Å². The van der Waals surface area contributed by atoms with Gasteiger partial charge in [0.05, 0.1) is 32.0 Å². The third kappa shape index (κ3) is 8.55. The number of hydrogen-bond acceptors (Lipinski definition) is 6. The van der Waals surface area contributed by atoms with Crippen LogP contribution in [0.5, 0.6) is 0 Å². The summed E-state index contributed by atoms with van der Waals surface area (Å²) in [7, 11) is -3.39. The molecule has 0 saturated carbocycles. The van der Waals surface area contributed by atoms with Gasteiger partial charge in [-0.25, -0.2) is 0 Å². The van der Waals surface area contributed by atoms with Gasteiger partial charge in [-0.1, -0.05) is 54.6 Å². The zero-order valence-corrected chi connectivity index (χ0v) is 19.3. The van der Waals surface area contributed by atoms with E-state index in [1.54, 1.807) is 13.8 Å². The Morgan fingerprint density at radius 1 is 0.969 bits per heavy atom. The van der Waals surface area contributed by atoms with Gasteiger partial charge < -0.3 is 19.5 Å². The van der Waals surface area contributed by atoms with E-state index in [1.807, 2.05) is 54.6 Å². The fourth-order valence-corrected chi connectivity index (χ4v) is 4.60. The lowest BCUT2D eigenvalue weighted by Crippen LogP contribution is -2.46. The Morgan fingerprint density at radius 3 is 2.12 bits per heavy atom. The lowest BCUT2D eigenvalue weighted by atomic mass is 10.0. The Bertz CT molecular complexity index is 894. The molecule has 2 aromatic rings. The molecule has 0 aliphatic rings. The van der Waals surface area contributed by atoms with Crippen LogP contribution in [-0.2, 0) is 29.6 Å². The minimum Gasteiger partial charge on any atom is -0.481 e. The Morgan fingerprint density at radius 2 is 1.56 bits per heavy atom. The van der Waals surface area contributed by atoms with Crippen molar-refractivity contribution in [1.29, 1.82) is 0 Å². The summed E-state index contributed by atoms with van der Waals surface area (Å²) in [5, 5.41) is 14.4. The third-order valence-corrected chi connectivity index (χ3v) is 6.51. The third-order valence-electron chi connectivity index (χ3n) is 4.64. The molecule has 32 heavy (non-hydrogen) atoms. The van der Waals surface area contributed by atoms with Gasteiger partial charge in [-0.2, -0.15) is 0 Å². The summed E-state index contributed by atoms with van der Waals surface area (Å²) in [6.45, 7) is 3.88. The maximum atomic E-state index is 12.8. The lowest BCUT2D eigenvalue weighted by molar-refractivity contribution is -0.137. The average molecular weight is 462 g/mol. The van der Waals surface area contributed by atoms with Crippen LogP contribution in [0.25, 0.3) is 11.1 Å². The first-order chi connectivity index (χ1) is 15.4. The summed E-state index contributed by atoms with van der Waals surface area (Å²) in [6.07, 6.45) is 0.0145. The van der Waals surface area contributed by atoms with Crippen molar-refractivity contribution < 1.29 is 28.3 Å². The van der Waals surface area contributed by atoms with Gasteiger partial charge in [-0.15, -0.1) is 0 Å². The maximum absolute atomic E-state index is 12.8. The Kier molecular flexibility index (Phi) is 10.6. The summed E-state index contributed by atoms with van der Waals surface area (Å²) in [4.78, 5) is 23.5. The molecule has 0 aromatic heterocycles. The molecule has 0 aliphatic carbocycles. The number of carboxylic acids is 1. The minimum absolute atomic E-state index is 0.00781. The van der Waals surface area contributed by atoms with Crippen molar-refractivity contribution in [2.24, 2.45) is 0 Å². The molecule has 0 fully saturated rings. The largest absolute Gasteiger partial charge is 0.481 e. The standard InChI is InChI=1S/C23H31N2O6P/c1-3-30-32(29,31-4-2)17-25-21(23(28)24-15-14-22(26)27)16-18-10-12-20(13-11-18)19-8-6-5-7-9-19/h5-13,21,25H,3-4,14-17H2,1-2H3,(H,24,28)(H,26,27)/t21-/m0/s1. The highest BCUT2D eigenvalue weighted by Crippen LogP contribution is 2.46. The molecule has 0 radical (unpaired) electrons. The van der Waals surface area contributed by atoms with Crippen molar-refractivity contribution in [1.82, 2.24) is 10.6 Å². The van der Waals surface area contributed by atoms with Crippen LogP contribution in [-0.4, -0.2) is 49.1 Å². The molecule has 0 aliphatic heterocycles. The van der Waals surface area contributed by atoms with Crippen LogP contribution in [0.4, 0.5) is 0 Å². The number of amides is 1. The number of aliphatic carboxylic acids is 1. The smallest absolute Gasteiger partial charge is 0.344 e. The van der Waals surface area contributed by atoms with Crippen LogP contribution >= 0.6 is 7.60 Å². The van der Waals surface area contributed by atoms with Crippen LogP contribution in [0, 0.1) is 0 Å². The summed E-state index contributed by atoms with van der Waals surface area (Å²) < 4.78 is 23.4. The number of hydrogen-bond donors (Lipinski definition) is 3. The summed E-state index contributed by atoms with van der Waals surface area (Å²) >= 11 is 0. The van der Waals surface area contributed by atoms with E-state index in [-0.39, 0.29) is 38.4 Å². The fourth-order valence-electron chi connectivity index (χ4n) is 3.12. The second-order valence-electron chi connectivity index (χ2n) is 7.06. The average Bonchev–Trinajstić information content (AvgIpc) is 2.77. The van der Waals surface area contributed by atoms with E-state index in [0.717, 1.165) is 16.7 Å².